The second-order valence-corrected chi connectivity index (χ2v) is 5.41. The molecule has 108 valence electrons. The number of para-hydroxylation sites is 2. The Morgan fingerprint density at radius 2 is 1.67 bits per heavy atom. The van der Waals surface area contributed by atoms with E-state index in [1.165, 1.54) is 5.56 Å². The fourth-order valence-corrected chi connectivity index (χ4v) is 2.89. The van der Waals surface area contributed by atoms with E-state index >= 15 is 0 Å². The van der Waals surface area contributed by atoms with Gasteiger partial charge < -0.3 is 4.74 Å². The summed E-state index contributed by atoms with van der Waals surface area (Å²) in [5, 5.41) is 1.16. The standard InChI is InChI=1S/C17H14BrNO.ClH/c1-11-12-7-3-5-9-14(12)19-17(16(11)18)13-8-4-6-10-15(13)20-2;/h3-10H,1-2H3;1H. The predicted molar refractivity (Wildman–Crippen MR) is 93.4 cm³/mol. The Kier molecular flexibility index (Phi) is 4.86. The molecule has 0 bridgehead atoms. The maximum absolute atomic E-state index is 5.45. The van der Waals surface area contributed by atoms with Gasteiger partial charge in [-0.05, 0) is 46.6 Å². The quantitative estimate of drug-likeness (QED) is 0.607. The van der Waals surface area contributed by atoms with Gasteiger partial charge in [0.2, 0.25) is 0 Å². The lowest BCUT2D eigenvalue weighted by Crippen LogP contribution is -1.94. The molecule has 0 aliphatic carbocycles. The van der Waals surface area contributed by atoms with Crippen molar-refractivity contribution in [2.75, 3.05) is 7.11 Å². The Morgan fingerprint density at radius 3 is 2.43 bits per heavy atom. The Labute approximate surface area is 138 Å². The number of benzene rings is 2. The summed E-state index contributed by atoms with van der Waals surface area (Å²) in [7, 11) is 1.68. The van der Waals surface area contributed by atoms with Crippen molar-refractivity contribution in [2.24, 2.45) is 0 Å². The summed E-state index contributed by atoms with van der Waals surface area (Å²) in [4.78, 5) is 4.79. The van der Waals surface area contributed by atoms with Crippen LogP contribution in [0, 0.1) is 6.92 Å². The maximum Gasteiger partial charge on any atom is 0.128 e. The lowest BCUT2D eigenvalue weighted by molar-refractivity contribution is 0.416. The van der Waals surface area contributed by atoms with Crippen LogP contribution in [-0.2, 0) is 0 Å². The molecule has 0 fully saturated rings. The summed E-state index contributed by atoms with van der Waals surface area (Å²) in [5.74, 6) is 0.829. The molecule has 3 rings (SSSR count). The number of halogens is 2. The molecule has 0 unspecified atom stereocenters. The van der Waals surface area contributed by atoms with Gasteiger partial charge in [0.1, 0.15) is 5.75 Å². The third-order valence-corrected chi connectivity index (χ3v) is 4.41. The summed E-state index contributed by atoms with van der Waals surface area (Å²) in [6.07, 6.45) is 0. The molecule has 1 aromatic heterocycles. The number of pyridine rings is 1. The van der Waals surface area contributed by atoms with Crippen molar-refractivity contribution in [3.8, 4) is 17.0 Å². The van der Waals surface area contributed by atoms with E-state index in [0.717, 1.165) is 32.4 Å². The average Bonchev–Trinajstić information content (AvgIpc) is 2.51. The molecule has 0 saturated heterocycles. The summed E-state index contributed by atoms with van der Waals surface area (Å²) >= 11 is 3.68. The van der Waals surface area contributed by atoms with E-state index in [0.29, 0.717) is 0 Å². The van der Waals surface area contributed by atoms with Crippen LogP contribution in [0.1, 0.15) is 5.56 Å². The zero-order chi connectivity index (χ0) is 14.1. The second kappa shape index (κ2) is 6.46. The minimum Gasteiger partial charge on any atom is -0.496 e. The Morgan fingerprint density at radius 1 is 1.00 bits per heavy atom. The first-order valence-corrected chi connectivity index (χ1v) is 7.20. The first-order chi connectivity index (χ1) is 9.72. The molecule has 2 aromatic carbocycles. The molecule has 2 nitrogen and oxygen atoms in total. The van der Waals surface area contributed by atoms with Gasteiger partial charge in [-0.2, -0.15) is 0 Å². The molecule has 0 aliphatic heterocycles. The van der Waals surface area contributed by atoms with Gasteiger partial charge in [0.15, 0.2) is 0 Å². The van der Waals surface area contributed by atoms with Gasteiger partial charge in [0.25, 0.3) is 0 Å². The highest BCUT2D eigenvalue weighted by molar-refractivity contribution is 9.10. The normalized spacial score (nSPS) is 10.2. The molecule has 0 N–H and O–H groups in total. The Balaban J connectivity index is 0.00000161. The van der Waals surface area contributed by atoms with Crippen molar-refractivity contribution < 1.29 is 4.74 Å². The number of hydrogen-bond acceptors (Lipinski definition) is 2. The molecule has 0 spiro atoms. The van der Waals surface area contributed by atoms with Gasteiger partial charge in [-0.15, -0.1) is 12.4 Å². The molecule has 0 aliphatic rings. The summed E-state index contributed by atoms with van der Waals surface area (Å²) in [6.45, 7) is 2.10. The number of ether oxygens (including phenoxy) is 1. The Hall–Kier alpha value is -1.58. The van der Waals surface area contributed by atoms with Crippen molar-refractivity contribution in [2.45, 2.75) is 6.92 Å². The summed E-state index contributed by atoms with van der Waals surface area (Å²) < 4.78 is 6.46. The Bertz CT molecular complexity index is 789. The zero-order valence-electron chi connectivity index (χ0n) is 11.8. The number of aryl methyl sites for hydroxylation is 1. The van der Waals surface area contributed by atoms with E-state index < -0.39 is 0 Å². The molecule has 0 atom stereocenters. The maximum atomic E-state index is 5.45. The third kappa shape index (κ3) is 2.76. The van der Waals surface area contributed by atoms with Crippen molar-refractivity contribution in [1.82, 2.24) is 4.98 Å². The summed E-state index contributed by atoms with van der Waals surface area (Å²) in [6, 6.07) is 16.1. The number of methoxy groups -OCH3 is 1. The number of fused-ring (bicyclic) bond motifs is 1. The highest BCUT2D eigenvalue weighted by Gasteiger charge is 2.14. The van der Waals surface area contributed by atoms with E-state index in [-0.39, 0.29) is 12.4 Å². The van der Waals surface area contributed by atoms with E-state index in [9.17, 15) is 0 Å². The lowest BCUT2D eigenvalue weighted by atomic mass is 10.0. The molecular formula is C17H15BrClNO. The number of nitrogens with zero attached hydrogens (tertiary/aromatic N) is 1. The first kappa shape index (κ1) is 15.8. The second-order valence-electron chi connectivity index (χ2n) is 4.62. The fraction of sp³-hybridized carbons (Fsp3) is 0.118. The SMILES string of the molecule is COc1ccccc1-c1nc2ccccc2c(C)c1Br.Cl. The lowest BCUT2D eigenvalue weighted by Gasteiger charge is -2.13. The zero-order valence-corrected chi connectivity index (χ0v) is 14.2. The molecule has 0 saturated carbocycles. The topological polar surface area (TPSA) is 22.1 Å². The van der Waals surface area contributed by atoms with Crippen LogP contribution in [0.15, 0.2) is 53.0 Å². The summed E-state index contributed by atoms with van der Waals surface area (Å²) in [5.41, 5.74) is 4.10. The number of aromatic nitrogens is 1. The van der Waals surface area contributed by atoms with Crippen LogP contribution in [-0.4, -0.2) is 12.1 Å². The molecule has 0 amide bonds. The van der Waals surface area contributed by atoms with Gasteiger partial charge in [-0.3, -0.25) is 0 Å². The first-order valence-electron chi connectivity index (χ1n) is 6.40. The van der Waals surface area contributed by atoms with Crippen LogP contribution in [0.2, 0.25) is 0 Å². The van der Waals surface area contributed by atoms with Gasteiger partial charge in [0.05, 0.1) is 18.3 Å². The van der Waals surface area contributed by atoms with Gasteiger partial charge in [0, 0.05) is 15.4 Å². The monoisotopic (exact) mass is 363 g/mol. The van der Waals surface area contributed by atoms with Crippen LogP contribution in [0.3, 0.4) is 0 Å². The highest BCUT2D eigenvalue weighted by Crippen LogP contribution is 2.37. The molecule has 0 radical (unpaired) electrons. The molecule has 1 heterocycles. The predicted octanol–water partition coefficient (Wildman–Crippen LogP) is 5.40. The van der Waals surface area contributed by atoms with Gasteiger partial charge in [-0.1, -0.05) is 30.3 Å². The van der Waals surface area contributed by atoms with Gasteiger partial charge in [-0.25, -0.2) is 4.98 Å². The van der Waals surface area contributed by atoms with Gasteiger partial charge >= 0.3 is 0 Å². The van der Waals surface area contributed by atoms with Crippen molar-refractivity contribution >= 4 is 39.2 Å². The molecule has 3 aromatic rings. The molecule has 4 heteroatoms. The minimum absolute atomic E-state index is 0. The van der Waals surface area contributed by atoms with Crippen LogP contribution in [0.5, 0.6) is 5.75 Å². The van der Waals surface area contributed by atoms with E-state index in [1.54, 1.807) is 7.11 Å². The molecule has 21 heavy (non-hydrogen) atoms. The largest absolute Gasteiger partial charge is 0.496 e. The van der Waals surface area contributed by atoms with Crippen LogP contribution < -0.4 is 4.74 Å². The van der Waals surface area contributed by atoms with Crippen LogP contribution >= 0.6 is 28.3 Å². The fourth-order valence-electron chi connectivity index (χ4n) is 2.37. The third-order valence-electron chi connectivity index (χ3n) is 3.44. The minimum atomic E-state index is 0. The van der Waals surface area contributed by atoms with Crippen molar-refractivity contribution in [3.63, 3.8) is 0 Å². The van der Waals surface area contributed by atoms with Crippen molar-refractivity contribution in [1.29, 1.82) is 0 Å². The van der Waals surface area contributed by atoms with E-state index in [2.05, 4.69) is 28.9 Å². The highest BCUT2D eigenvalue weighted by atomic mass is 79.9. The average molecular weight is 365 g/mol. The smallest absolute Gasteiger partial charge is 0.128 e. The van der Waals surface area contributed by atoms with E-state index in [1.807, 2.05) is 42.5 Å². The number of hydrogen-bond donors (Lipinski definition) is 0. The van der Waals surface area contributed by atoms with Crippen LogP contribution in [0.4, 0.5) is 0 Å². The van der Waals surface area contributed by atoms with Crippen molar-refractivity contribution in [3.05, 3.63) is 58.6 Å². The number of rotatable bonds is 2. The van der Waals surface area contributed by atoms with E-state index in [4.69, 9.17) is 9.72 Å². The molecular weight excluding hydrogens is 350 g/mol. The van der Waals surface area contributed by atoms with Crippen LogP contribution in [0.25, 0.3) is 22.2 Å².